The number of hydrogen-bond acceptors (Lipinski definition) is 6. The minimum absolute atomic E-state index is 0.0764. The number of carbonyl (C=O) groups is 1. The van der Waals surface area contributed by atoms with E-state index in [1.54, 1.807) is 4.90 Å². The van der Waals surface area contributed by atoms with Crippen molar-refractivity contribution in [3.8, 4) is 0 Å². The molecule has 1 aromatic heterocycles. The van der Waals surface area contributed by atoms with Crippen LogP contribution in [0.1, 0.15) is 36.3 Å². The summed E-state index contributed by atoms with van der Waals surface area (Å²) in [5.74, 6) is 0.646. The van der Waals surface area contributed by atoms with Gasteiger partial charge in [0.15, 0.2) is 5.82 Å². The molecular weight excluding hydrogens is 320 g/mol. The van der Waals surface area contributed by atoms with Crippen LogP contribution in [0.25, 0.3) is 0 Å². The van der Waals surface area contributed by atoms with Crippen molar-refractivity contribution in [2.75, 3.05) is 32.8 Å². The SMILES string of the molecule is CCCOC(=O)N1CCN(C(c2cccc(C)c2)c2ncon2)CC1. The van der Waals surface area contributed by atoms with Crippen LogP contribution < -0.4 is 0 Å². The first-order valence-electron chi connectivity index (χ1n) is 8.67. The summed E-state index contributed by atoms with van der Waals surface area (Å²) in [5.41, 5.74) is 2.32. The molecule has 1 atom stereocenters. The second-order valence-corrected chi connectivity index (χ2v) is 6.24. The molecular formula is C18H24N4O3. The maximum absolute atomic E-state index is 12.0. The minimum atomic E-state index is -0.229. The summed E-state index contributed by atoms with van der Waals surface area (Å²) < 4.78 is 10.2. The molecule has 2 aromatic rings. The zero-order valence-corrected chi connectivity index (χ0v) is 14.7. The Balaban J connectivity index is 1.72. The number of piperazine rings is 1. The molecule has 0 aliphatic carbocycles. The number of ether oxygens (including phenoxy) is 1. The van der Waals surface area contributed by atoms with Crippen LogP contribution in [0.5, 0.6) is 0 Å². The molecule has 1 amide bonds. The van der Waals surface area contributed by atoms with Crippen molar-refractivity contribution in [2.45, 2.75) is 26.3 Å². The lowest BCUT2D eigenvalue weighted by atomic mass is 10.0. The predicted octanol–water partition coefficient (Wildman–Crippen LogP) is 2.63. The van der Waals surface area contributed by atoms with Gasteiger partial charge in [-0.1, -0.05) is 41.9 Å². The standard InChI is InChI=1S/C18H24N4O3/c1-3-11-24-18(23)22-9-7-21(8-10-22)16(17-19-13-25-20-17)15-6-4-5-14(2)12-15/h4-6,12-13,16H,3,7-11H2,1-2H3. The lowest BCUT2D eigenvalue weighted by Gasteiger charge is -2.37. The highest BCUT2D eigenvalue weighted by atomic mass is 16.6. The average Bonchev–Trinajstić information content (AvgIpc) is 3.15. The van der Waals surface area contributed by atoms with Gasteiger partial charge in [-0.15, -0.1) is 0 Å². The molecule has 1 fully saturated rings. The van der Waals surface area contributed by atoms with Crippen molar-refractivity contribution in [1.29, 1.82) is 0 Å². The summed E-state index contributed by atoms with van der Waals surface area (Å²) in [7, 11) is 0. The van der Waals surface area contributed by atoms with Crippen molar-refractivity contribution in [3.05, 3.63) is 47.6 Å². The van der Waals surface area contributed by atoms with E-state index in [9.17, 15) is 4.79 Å². The molecule has 1 aromatic carbocycles. The van der Waals surface area contributed by atoms with Crippen LogP contribution in [-0.2, 0) is 4.74 Å². The molecule has 2 heterocycles. The van der Waals surface area contributed by atoms with Gasteiger partial charge >= 0.3 is 6.09 Å². The molecule has 1 saturated heterocycles. The van der Waals surface area contributed by atoms with Gasteiger partial charge in [-0.25, -0.2) is 4.79 Å². The molecule has 1 aliphatic heterocycles. The predicted molar refractivity (Wildman–Crippen MR) is 92.1 cm³/mol. The molecule has 0 saturated carbocycles. The topological polar surface area (TPSA) is 71.7 Å². The number of hydrogen-bond donors (Lipinski definition) is 0. The molecule has 7 nitrogen and oxygen atoms in total. The third-order valence-electron chi connectivity index (χ3n) is 4.35. The maximum Gasteiger partial charge on any atom is 0.409 e. The summed E-state index contributed by atoms with van der Waals surface area (Å²) >= 11 is 0. The summed E-state index contributed by atoms with van der Waals surface area (Å²) in [6, 6.07) is 8.25. The van der Waals surface area contributed by atoms with Crippen LogP contribution in [0.4, 0.5) is 4.79 Å². The number of benzene rings is 1. The zero-order valence-electron chi connectivity index (χ0n) is 14.7. The second kappa shape index (κ2) is 8.11. The molecule has 1 unspecified atom stereocenters. The van der Waals surface area contributed by atoms with Crippen LogP contribution in [0.3, 0.4) is 0 Å². The number of carbonyl (C=O) groups excluding carboxylic acids is 1. The average molecular weight is 344 g/mol. The van der Waals surface area contributed by atoms with Gasteiger partial charge in [-0.2, -0.15) is 4.98 Å². The van der Waals surface area contributed by atoms with Crippen LogP contribution >= 0.6 is 0 Å². The van der Waals surface area contributed by atoms with E-state index >= 15 is 0 Å². The lowest BCUT2D eigenvalue weighted by molar-refractivity contribution is 0.0673. The molecule has 0 bridgehead atoms. The summed E-state index contributed by atoms with van der Waals surface area (Å²) in [4.78, 5) is 20.3. The van der Waals surface area contributed by atoms with Gasteiger partial charge in [-0.05, 0) is 18.9 Å². The van der Waals surface area contributed by atoms with Crippen LogP contribution in [-0.4, -0.2) is 58.8 Å². The van der Waals surface area contributed by atoms with Crippen LogP contribution in [0, 0.1) is 6.92 Å². The minimum Gasteiger partial charge on any atom is -0.449 e. The van der Waals surface area contributed by atoms with Gasteiger partial charge < -0.3 is 14.2 Å². The second-order valence-electron chi connectivity index (χ2n) is 6.24. The number of aryl methyl sites for hydroxylation is 1. The Kier molecular flexibility index (Phi) is 5.65. The van der Waals surface area contributed by atoms with Gasteiger partial charge in [0.05, 0.1) is 12.6 Å². The van der Waals surface area contributed by atoms with Crippen molar-refractivity contribution < 1.29 is 14.1 Å². The van der Waals surface area contributed by atoms with Crippen LogP contribution in [0.2, 0.25) is 0 Å². The maximum atomic E-state index is 12.0. The molecule has 0 radical (unpaired) electrons. The molecule has 0 spiro atoms. The molecule has 3 rings (SSSR count). The fraction of sp³-hybridized carbons (Fsp3) is 0.500. The van der Waals surface area contributed by atoms with Crippen molar-refractivity contribution in [2.24, 2.45) is 0 Å². The van der Waals surface area contributed by atoms with E-state index in [1.807, 2.05) is 13.0 Å². The molecule has 1 aliphatic rings. The normalized spacial score (nSPS) is 16.6. The fourth-order valence-electron chi connectivity index (χ4n) is 3.11. The van der Waals surface area contributed by atoms with Gasteiger partial charge in [0.1, 0.15) is 0 Å². The van der Waals surface area contributed by atoms with Gasteiger partial charge in [-0.3, -0.25) is 4.90 Å². The Morgan fingerprint density at radius 3 is 2.76 bits per heavy atom. The van der Waals surface area contributed by atoms with E-state index in [-0.39, 0.29) is 12.1 Å². The number of aromatic nitrogens is 2. The number of amides is 1. The first-order chi connectivity index (χ1) is 12.2. The lowest BCUT2D eigenvalue weighted by Crippen LogP contribution is -2.50. The van der Waals surface area contributed by atoms with E-state index in [4.69, 9.17) is 9.26 Å². The quantitative estimate of drug-likeness (QED) is 0.830. The summed E-state index contributed by atoms with van der Waals surface area (Å²) in [6.07, 6.45) is 1.96. The number of rotatable bonds is 5. The van der Waals surface area contributed by atoms with E-state index in [2.05, 4.69) is 40.2 Å². The van der Waals surface area contributed by atoms with E-state index in [0.29, 0.717) is 25.5 Å². The summed E-state index contributed by atoms with van der Waals surface area (Å²) in [5, 5.41) is 4.06. The van der Waals surface area contributed by atoms with Crippen molar-refractivity contribution in [3.63, 3.8) is 0 Å². The first-order valence-corrected chi connectivity index (χ1v) is 8.67. The van der Waals surface area contributed by atoms with Gasteiger partial charge in [0, 0.05) is 26.2 Å². The van der Waals surface area contributed by atoms with E-state index < -0.39 is 0 Å². The van der Waals surface area contributed by atoms with E-state index in [0.717, 1.165) is 25.1 Å². The Hall–Kier alpha value is -2.41. The molecule has 134 valence electrons. The highest BCUT2D eigenvalue weighted by Gasteiger charge is 2.31. The monoisotopic (exact) mass is 344 g/mol. The third-order valence-corrected chi connectivity index (χ3v) is 4.35. The Bertz CT molecular complexity index is 681. The molecule has 0 N–H and O–H groups in total. The fourth-order valence-corrected chi connectivity index (χ4v) is 3.11. The smallest absolute Gasteiger partial charge is 0.409 e. The third kappa shape index (κ3) is 4.17. The molecule has 7 heteroatoms. The molecule has 25 heavy (non-hydrogen) atoms. The van der Waals surface area contributed by atoms with Crippen molar-refractivity contribution in [1.82, 2.24) is 19.9 Å². The Labute approximate surface area is 147 Å². The van der Waals surface area contributed by atoms with Gasteiger partial charge in [0.2, 0.25) is 6.39 Å². The van der Waals surface area contributed by atoms with E-state index in [1.165, 1.54) is 12.0 Å². The first kappa shape index (κ1) is 17.4. The Morgan fingerprint density at radius 2 is 2.12 bits per heavy atom. The number of nitrogens with zero attached hydrogens (tertiary/aromatic N) is 4. The zero-order chi connectivity index (χ0) is 17.6. The van der Waals surface area contributed by atoms with Gasteiger partial charge in [0.25, 0.3) is 0 Å². The largest absolute Gasteiger partial charge is 0.449 e. The van der Waals surface area contributed by atoms with Crippen LogP contribution in [0.15, 0.2) is 35.2 Å². The highest BCUT2D eigenvalue weighted by molar-refractivity contribution is 5.67. The van der Waals surface area contributed by atoms with Crippen molar-refractivity contribution >= 4 is 6.09 Å². The highest BCUT2D eigenvalue weighted by Crippen LogP contribution is 2.28. The Morgan fingerprint density at radius 1 is 1.32 bits per heavy atom. The summed E-state index contributed by atoms with van der Waals surface area (Å²) in [6.45, 7) is 7.24.